The van der Waals surface area contributed by atoms with E-state index in [0.29, 0.717) is 0 Å². The van der Waals surface area contributed by atoms with Crippen molar-refractivity contribution in [3.63, 3.8) is 0 Å². The lowest BCUT2D eigenvalue weighted by molar-refractivity contribution is 0.0731. The van der Waals surface area contributed by atoms with Crippen LogP contribution < -0.4 is 0 Å². The Balaban J connectivity index is 1.23. The Morgan fingerprint density at radius 1 is 0.725 bits per heavy atom. The highest BCUT2D eigenvalue weighted by Gasteiger charge is 2.39. The van der Waals surface area contributed by atoms with Crippen LogP contribution >= 0.6 is 0 Å². The number of aryl methyl sites for hydroxylation is 1. The van der Waals surface area contributed by atoms with E-state index in [1.807, 2.05) is 24.5 Å². The van der Waals surface area contributed by atoms with Gasteiger partial charge in [-0.2, -0.15) is 0 Å². The number of rotatable bonds is 6. The van der Waals surface area contributed by atoms with Crippen molar-refractivity contribution in [2.75, 3.05) is 26.2 Å². The molecule has 0 aliphatic carbocycles. The average Bonchev–Trinajstić information content (AvgIpc) is 3.51. The van der Waals surface area contributed by atoms with Gasteiger partial charge in [-0.05, 0) is 55.8 Å². The molecule has 200 valence electrons. The molecule has 1 N–H and O–H groups in total. The van der Waals surface area contributed by atoms with E-state index in [0.717, 1.165) is 43.3 Å². The molecular formula is C34H34N6. The summed E-state index contributed by atoms with van der Waals surface area (Å²) in [5.41, 5.74) is 9.49. The zero-order valence-corrected chi connectivity index (χ0v) is 23.0. The van der Waals surface area contributed by atoms with E-state index in [2.05, 4.69) is 101 Å². The topological polar surface area (TPSA) is 60.4 Å². The second kappa shape index (κ2) is 10.5. The molecule has 2 aromatic carbocycles. The third-order valence-corrected chi connectivity index (χ3v) is 8.62. The van der Waals surface area contributed by atoms with Crippen molar-refractivity contribution in [3.05, 3.63) is 126 Å². The van der Waals surface area contributed by atoms with E-state index in [1.165, 1.54) is 33.4 Å². The summed E-state index contributed by atoms with van der Waals surface area (Å²) in [7, 11) is 0. The van der Waals surface area contributed by atoms with E-state index in [9.17, 15) is 0 Å². The Morgan fingerprint density at radius 3 is 2.12 bits per heavy atom. The maximum Gasteiger partial charge on any atom is 0.0800 e. The lowest BCUT2D eigenvalue weighted by Gasteiger charge is -2.44. The number of pyridine rings is 2. The zero-order valence-electron chi connectivity index (χ0n) is 23.0. The first-order valence-corrected chi connectivity index (χ1v) is 14.2. The van der Waals surface area contributed by atoms with Gasteiger partial charge in [-0.1, -0.05) is 48.5 Å². The van der Waals surface area contributed by atoms with Crippen molar-refractivity contribution in [1.29, 1.82) is 0 Å². The molecule has 3 atom stereocenters. The number of hydrogen-bond acceptors (Lipinski definition) is 5. The Hall–Kier alpha value is -4.13. The van der Waals surface area contributed by atoms with Crippen molar-refractivity contribution in [2.24, 2.45) is 4.99 Å². The van der Waals surface area contributed by atoms with Gasteiger partial charge in [-0.3, -0.25) is 24.8 Å². The molecule has 0 saturated carbocycles. The zero-order chi connectivity index (χ0) is 27.1. The Labute approximate surface area is 235 Å². The highest BCUT2D eigenvalue weighted by molar-refractivity contribution is 5.97. The molecule has 2 aliphatic rings. The van der Waals surface area contributed by atoms with E-state index in [4.69, 9.17) is 15.0 Å². The Kier molecular flexibility index (Phi) is 6.50. The fourth-order valence-electron chi connectivity index (χ4n) is 6.83. The number of hydrogen-bond donors (Lipinski definition) is 1. The van der Waals surface area contributed by atoms with E-state index < -0.39 is 0 Å². The van der Waals surface area contributed by atoms with Crippen LogP contribution in [-0.2, 0) is 0 Å². The van der Waals surface area contributed by atoms with Gasteiger partial charge in [0, 0.05) is 72.4 Å². The number of piperazine rings is 1. The summed E-state index contributed by atoms with van der Waals surface area (Å²) in [5.74, 6) is 0.195. The summed E-state index contributed by atoms with van der Waals surface area (Å²) in [4.78, 5) is 23.6. The van der Waals surface area contributed by atoms with Gasteiger partial charge in [0.05, 0.1) is 29.2 Å². The first-order valence-electron chi connectivity index (χ1n) is 14.2. The molecule has 2 aliphatic heterocycles. The Morgan fingerprint density at radius 2 is 1.38 bits per heavy atom. The number of aromatic amines is 1. The number of nitrogens with one attached hydrogen (secondary N) is 1. The molecule has 5 aromatic rings. The van der Waals surface area contributed by atoms with Crippen molar-refractivity contribution >= 4 is 22.3 Å². The van der Waals surface area contributed by atoms with Gasteiger partial charge in [-0.25, -0.2) is 0 Å². The van der Waals surface area contributed by atoms with Gasteiger partial charge in [-0.15, -0.1) is 0 Å². The van der Waals surface area contributed by atoms with Crippen LogP contribution in [0.1, 0.15) is 53.1 Å². The van der Waals surface area contributed by atoms with Gasteiger partial charge in [0.25, 0.3) is 0 Å². The van der Waals surface area contributed by atoms with Crippen LogP contribution in [0.25, 0.3) is 10.9 Å². The van der Waals surface area contributed by atoms with Crippen molar-refractivity contribution in [3.8, 4) is 0 Å². The summed E-state index contributed by atoms with van der Waals surface area (Å²) in [6, 6.07) is 30.0. The van der Waals surface area contributed by atoms with Crippen molar-refractivity contribution in [1.82, 2.24) is 24.8 Å². The smallest absolute Gasteiger partial charge is 0.0800 e. The normalized spacial score (nSPS) is 19.4. The molecule has 40 heavy (non-hydrogen) atoms. The van der Waals surface area contributed by atoms with Crippen LogP contribution in [0.2, 0.25) is 0 Å². The second-order valence-electron chi connectivity index (χ2n) is 10.9. The molecular weight excluding hydrogens is 492 g/mol. The van der Waals surface area contributed by atoms with Gasteiger partial charge >= 0.3 is 0 Å². The van der Waals surface area contributed by atoms with Gasteiger partial charge in [0.1, 0.15) is 0 Å². The standard InChI is InChI=1S/C34H34N6/c1-23-31(25-11-3-5-13-27(25)37-23)33(29-15-7-9-17-35-29)39-19-21-40(22-20-39)34(30-16-8-10-18-36-30)32-24(2)38-28-14-6-4-12-26(28)32/h3-18,31,33-34,38H,19-22H2,1-2H3. The first-order chi connectivity index (χ1) is 19.7. The lowest BCUT2D eigenvalue weighted by Crippen LogP contribution is -2.50. The molecule has 1 saturated heterocycles. The maximum absolute atomic E-state index is 4.97. The number of aromatic nitrogens is 3. The molecule has 3 aromatic heterocycles. The molecule has 6 heteroatoms. The molecule has 7 rings (SSSR count). The molecule has 1 fully saturated rings. The number of fused-ring (bicyclic) bond motifs is 2. The SMILES string of the molecule is CC1=Nc2ccccc2C1C(c1ccccn1)N1CCN(C(c2ccccn2)c2c(C)[nH]c3ccccc23)CC1. The minimum atomic E-state index is 0.0864. The molecule has 0 bridgehead atoms. The quantitative estimate of drug-likeness (QED) is 0.271. The van der Waals surface area contributed by atoms with Crippen LogP contribution in [-0.4, -0.2) is 56.6 Å². The average molecular weight is 527 g/mol. The molecule has 6 nitrogen and oxygen atoms in total. The van der Waals surface area contributed by atoms with Crippen LogP contribution in [0, 0.1) is 6.92 Å². The van der Waals surface area contributed by atoms with E-state index >= 15 is 0 Å². The summed E-state index contributed by atoms with van der Waals surface area (Å²) in [5, 5.41) is 1.28. The molecule has 3 unspecified atom stereocenters. The van der Waals surface area contributed by atoms with Crippen LogP contribution in [0.4, 0.5) is 5.69 Å². The van der Waals surface area contributed by atoms with Crippen molar-refractivity contribution < 1.29 is 0 Å². The van der Waals surface area contributed by atoms with Crippen molar-refractivity contribution in [2.45, 2.75) is 31.8 Å². The predicted molar refractivity (Wildman–Crippen MR) is 161 cm³/mol. The number of para-hydroxylation sites is 2. The third kappa shape index (κ3) is 4.34. The highest BCUT2D eigenvalue weighted by Crippen LogP contribution is 2.45. The fourth-order valence-corrected chi connectivity index (χ4v) is 6.83. The van der Waals surface area contributed by atoms with Crippen LogP contribution in [0.5, 0.6) is 0 Å². The lowest BCUT2D eigenvalue weighted by atomic mass is 9.85. The van der Waals surface area contributed by atoms with Gasteiger partial charge in [0.15, 0.2) is 0 Å². The Bertz CT molecular complexity index is 1650. The first kappa shape index (κ1) is 24.9. The summed E-state index contributed by atoms with van der Waals surface area (Å²) in [6.07, 6.45) is 3.84. The largest absolute Gasteiger partial charge is 0.358 e. The predicted octanol–water partition coefficient (Wildman–Crippen LogP) is 6.60. The maximum atomic E-state index is 4.97. The minimum absolute atomic E-state index is 0.0864. The molecule has 0 amide bonds. The number of H-pyrrole nitrogens is 1. The third-order valence-electron chi connectivity index (χ3n) is 8.62. The summed E-state index contributed by atoms with van der Waals surface area (Å²) in [6.45, 7) is 8.13. The second-order valence-corrected chi connectivity index (χ2v) is 10.9. The molecule has 5 heterocycles. The van der Waals surface area contributed by atoms with Gasteiger partial charge < -0.3 is 4.98 Å². The van der Waals surface area contributed by atoms with Crippen LogP contribution in [0.3, 0.4) is 0 Å². The monoisotopic (exact) mass is 526 g/mol. The van der Waals surface area contributed by atoms with E-state index in [-0.39, 0.29) is 18.0 Å². The highest BCUT2D eigenvalue weighted by atomic mass is 15.3. The minimum Gasteiger partial charge on any atom is -0.358 e. The molecule has 0 spiro atoms. The number of nitrogens with zero attached hydrogens (tertiary/aromatic N) is 5. The summed E-state index contributed by atoms with van der Waals surface area (Å²) >= 11 is 0. The molecule has 0 radical (unpaired) electrons. The fraction of sp³-hybridized carbons (Fsp3) is 0.265. The number of aliphatic imine (C=N–C) groups is 1. The van der Waals surface area contributed by atoms with Gasteiger partial charge in [0.2, 0.25) is 0 Å². The van der Waals surface area contributed by atoms with Crippen LogP contribution in [0.15, 0.2) is 102 Å². The van der Waals surface area contributed by atoms with E-state index in [1.54, 1.807) is 0 Å². The summed E-state index contributed by atoms with van der Waals surface area (Å²) < 4.78 is 0. The number of benzene rings is 2.